The number of anilines is 1. The number of ether oxygens (including phenoxy) is 3. The lowest BCUT2D eigenvalue weighted by atomic mass is 10.1. The highest BCUT2D eigenvalue weighted by molar-refractivity contribution is 9.13. The molecule has 0 saturated carbocycles. The van der Waals surface area contributed by atoms with Crippen LogP contribution in [0.25, 0.3) is 6.08 Å². The summed E-state index contributed by atoms with van der Waals surface area (Å²) >= 11 is 19.1. The molecule has 1 N–H and O–H groups in total. The van der Waals surface area contributed by atoms with E-state index in [-0.39, 0.29) is 17.9 Å². The van der Waals surface area contributed by atoms with E-state index in [9.17, 15) is 14.4 Å². The van der Waals surface area contributed by atoms with Crippen LogP contribution in [0.4, 0.5) is 10.5 Å². The van der Waals surface area contributed by atoms with Crippen LogP contribution in [0.2, 0.25) is 10.0 Å². The van der Waals surface area contributed by atoms with E-state index in [0.29, 0.717) is 41.8 Å². The Kier molecular flexibility index (Phi) is 8.67. The molecule has 0 aliphatic carbocycles. The summed E-state index contributed by atoms with van der Waals surface area (Å²) in [7, 11) is 2.96. The molecule has 3 aromatic rings. The van der Waals surface area contributed by atoms with Crippen LogP contribution < -0.4 is 24.4 Å². The molecular formula is C26H18Br2Cl2N2O6. The maximum absolute atomic E-state index is 13.3. The maximum Gasteiger partial charge on any atom is 0.335 e. The van der Waals surface area contributed by atoms with E-state index in [1.807, 2.05) is 0 Å². The van der Waals surface area contributed by atoms with E-state index in [1.54, 1.807) is 48.5 Å². The second kappa shape index (κ2) is 11.8. The number of nitrogens with one attached hydrogen (secondary N) is 1. The number of nitrogens with zero attached hydrogens (tertiary/aromatic N) is 1. The second-order valence-corrected chi connectivity index (χ2v) is 10.2. The lowest BCUT2D eigenvalue weighted by molar-refractivity contribution is -0.122. The van der Waals surface area contributed by atoms with E-state index in [2.05, 4.69) is 37.2 Å². The normalized spacial score (nSPS) is 14.5. The number of carbonyl (C=O) groups is 3. The molecule has 0 aromatic heterocycles. The maximum atomic E-state index is 13.3. The number of methoxy groups -OCH3 is 2. The number of hydrogen-bond acceptors (Lipinski definition) is 6. The van der Waals surface area contributed by atoms with Crippen molar-refractivity contribution in [3.63, 3.8) is 0 Å². The zero-order valence-electron chi connectivity index (χ0n) is 19.8. The highest BCUT2D eigenvalue weighted by Gasteiger charge is 2.37. The van der Waals surface area contributed by atoms with Gasteiger partial charge in [-0.25, -0.2) is 9.69 Å². The summed E-state index contributed by atoms with van der Waals surface area (Å²) in [6, 6.07) is 12.2. The number of carbonyl (C=O) groups excluding carboxylic acids is 3. The number of halogens is 4. The summed E-state index contributed by atoms with van der Waals surface area (Å²) in [5.74, 6) is -0.355. The molecule has 1 saturated heterocycles. The molecule has 38 heavy (non-hydrogen) atoms. The molecule has 3 aromatic carbocycles. The van der Waals surface area contributed by atoms with Gasteiger partial charge in [-0.3, -0.25) is 14.9 Å². The molecule has 1 aliphatic rings. The highest BCUT2D eigenvalue weighted by atomic mass is 79.9. The third-order valence-electron chi connectivity index (χ3n) is 5.48. The minimum absolute atomic E-state index is 0.165. The highest BCUT2D eigenvalue weighted by Crippen LogP contribution is 2.44. The van der Waals surface area contributed by atoms with Crippen LogP contribution in [0.5, 0.6) is 17.2 Å². The Bertz CT molecular complexity index is 1480. The molecule has 12 heteroatoms. The fourth-order valence-electron chi connectivity index (χ4n) is 3.56. The zero-order valence-corrected chi connectivity index (χ0v) is 24.5. The predicted molar refractivity (Wildman–Crippen MR) is 151 cm³/mol. The third-order valence-corrected chi connectivity index (χ3v) is 8.36. The average molecular weight is 685 g/mol. The van der Waals surface area contributed by atoms with Crippen molar-refractivity contribution in [3.05, 3.63) is 84.2 Å². The van der Waals surface area contributed by atoms with Crippen LogP contribution in [0, 0.1) is 0 Å². The molecule has 196 valence electrons. The summed E-state index contributed by atoms with van der Waals surface area (Å²) in [4.78, 5) is 39.3. The Labute approximate surface area is 244 Å². The topological polar surface area (TPSA) is 94.2 Å². The number of amides is 4. The van der Waals surface area contributed by atoms with Gasteiger partial charge in [0.2, 0.25) is 0 Å². The van der Waals surface area contributed by atoms with E-state index in [0.717, 1.165) is 10.5 Å². The van der Waals surface area contributed by atoms with Gasteiger partial charge in [0.1, 0.15) is 17.9 Å². The first-order valence-electron chi connectivity index (χ1n) is 10.8. The molecule has 1 aliphatic heterocycles. The fraction of sp³-hybridized carbons (Fsp3) is 0.115. The molecule has 0 bridgehead atoms. The van der Waals surface area contributed by atoms with Crippen LogP contribution in [0.3, 0.4) is 0 Å². The van der Waals surface area contributed by atoms with Gasteiger partial charge in [-0.2, -0.15) is 0 Å². The summed E-state index contributed by atoms with van der Waals surface area (Å²) in [6.07, 6.45) is 1.36. The number of barbiturate groups is 1. The Morgan fingerprint density at radius 2 is 1.63 bits per heavy atom. The molecule has 1 fully saturated rings. The predicted octanol–water partition coefficient (Wildman–Crippen LogP) is 6.78. The van der Waals surface area contributed by atoms with Gasteiger partial charge in [-0.05, 0) is 91.5 Å². The average Bonchev–Trinajstić information content (AvgIpc) is 2.90. The van der Waals surface area contributed by atoms with Crippen molar-refractivity contribution in [1.29, 1.82) is 0 Å². The van der Waals surface area contributed by atoms with Gasteiger partial charge in [0.25, 0.3) is 11.8 Å². The van der Waals surface area contributed by atoms with E-state index >= 15 is 0 Å². The second-order valence-electron chi connectivity index (χ2n) is 7.82. The summed E-state index contributed by atoms with van der Waals surface area (Å²) in [5.41, 5.74) is 1.23. The van der Waals surface area contributed by atoms with Gasteiger partial charge >= 0.3 is 6.03 Å². The number of urea groups is 1. The molecule has 0 radical (unpaired) electrons. The lowest BCUT2D eigenvalue weighted by Gasteiger charge is -2.26. The SMILES string of the molecule is COc1ccc(N2C(=O)NC(=O)/C(=C\c3cc(OC)c(OCc4ccc(Cl)c(Cl)c4)c(Br)c3Br)C2=O)cc1. The van der Waals surface area contributed by atoms with Crippen LogP contribution in [-0.2, 0) is 16.2 Å². The standard InChI is InChI=1S/C26H18Br2Cl2N2O6/c1-36-16-6-4-15(5-7-16)32-25(34)17(24(33)31-26(32)35)10-14-11-20(37-2)23(22(28)21(14)27)38-12-13-3-8-18(29)19(30)9-13/h3-11H,12H2,1-2H3,(H,31,33,35)/b17-10+. The molecular weight excluding hydrogens is 667 g/mol. The minimum atomic E-state index is -0.855. The van der Waals surface area contributed by atoms with Crippen molar-refractivity contribution >= 4 is 84.7 Å². The van der Waals surface area contributed by atoms with Crippen molar-refractivity contribution in [2.24, 2.45) is 0 Å². The number of rotatable bonds is 7. The summed E-state index contributed by atoms with van der Waals surface area (Å²) < 4.78 is 17.6. The van der Waals surface area contributed by atoms with Crippen LogP contribution in [-0.4, -0.2) is 32.1 Å². The van der Waals surface area contributed by atoms with Crippen molar-refractivity contribution in [3.8, 4) is 17.2 Å². The Hall–Kier alpha value is -3.05. The van der Waals surface area contributed by atoms with Gasteiger partial charge in [-0.1, -0.05) is 29.3 Å². The molecule has 1 heterocycles. The molecule has 4 rings (SSSR count). The first kappa shape index (κ1) is 28.0. The molecule has 0 atom stereocenters. The number of imide groups is 2. The molecule has 8 nitrogen and oxygen atoms in total. The van der Waals surface area contributed by atoms with Gasteiger partial charge in [0.05, 0.1) is 34.4 Å². The van der Waals surface area contributed by atoms with Crippen LogP contribution >= 0.6 is 55.1 Å². The van der Waals surface area contributed by atoms with Crippen LogP contribution in [0.1, 0.15) is 11.1 Å². The smallest absolute Gasteiger partial charge is 0.335 e. The Balaban J connectivity index is 1.67. The minimum Gasteiger partial charge on any atom is -0.497 e. The first-order chi connectivity index (χ1) is 18.1. The van der Waals surface area contributed by atoms with Crippen molar-refractivity contribution in [2.75, 3.05) is 19.1 Å². The Morgan fingerprint density at radius 3 is 2.26 bits per heavy atom. The zero-order chi connectivity index (χ0) is 27.6. The van der Waals surface area contributed by atoms with E-state index in [1.165, 1.54) is 20.3 Å². The first-order valence-corrected chi connectivity index (χ1v) is 13.2. The van der Waals surface area contributed by atoms with Gasteiger partial charge in [0.15, 0.2) is 11.5 Å². The number of benzene rings is 3. The largest absolute Gasteiger partial charge is 0.497 e. The van der Waals surface area contributed by atoms with E-state index in [4.69, 9.17) is 37.4 Å². The van der Waals surface area contributed by atoms with Gasteiger partial charge < -0.3 is 14.2 Å². The molecule has 0 spiro atoms. The van der Waals surface area contributed by atoms with Gasteiger partial charge in [-0.15, -0.1) is 0 Å². The third kappa shape index (κ3) is 5.68. The van der Waals surface area contributed by atoms with Crippen LogP contribution in [0.15, 0.2) is 63.0 Å². The van der Waals surface area contributed by atoms with E-state index < -0.39 is 17.8 Å². The monoisotopic (exact) mass is 682 g/mol. The lowest BCUT2D eigenvalue weighted by Crippen LogP contribution is -2.54. The van der Waals surface area contributed by atoms with Crippen molar-refractivity contribution < 1.29 is 28.6 Å². The summed E-state index contributed by atoms with van der Waals surface area (Å²) in [6.45, 7) is 0.165. The fourth-order valence-corrected chi connectivity index (χ4v) is 4.83. The van der Waals surface area contributed by atoms with Crippen molar-refractivity contribution in [1.82, 2.24) is 5.32 Å². The quantitative estimate of drug-likeness (QED) is 0.218. The summed E-state index contributed by atoms with van der Waals surface area (Å²) in [5, 5.41) is 3.04. The van der Waals surface area contributed by atoms with Crippen molar-refractivity contribution in [2.45, 2.75) is 6.61 Å². The number of hydrogen-bond donors (Lipinski definition) is 1. The Morgan fingerprint density at radius 1 is 0.921 bits per heavy atom. The van der Waals surface area contributed by atoms with Gasteiger partial charge in [0, 0.05) is 4.47 Å². The molecule has 0 unspecified atom stereocenters. The molecule has 4 amide bonds.